The molecule has 2 aliphatic rings. The van der Waals surface area contributed by atoms with Gasteiger partial charge in [-0.3, -0.25) is 9.59 Å². The third-order valence-corrected chi connectivity index (χ3v) is 5.86. The maximum atomic E-state index is 12.5. The molecule has 2 fully saturated rings. The van der Waals surface area contributed by atoms with Crippen LogP contribution < -0.4 is 0 Å². The van der Waals surface area contributed by atoms with Gasteiger partial charge in [0.1, 0.15) is 6.10 Å². The molecule has 2 saturated heterocycles. The summed E-state index contributed by atoms with van der Waals surface area (Å²) in [5.41, 5.74) is 1.34. The Labute approximate surface area is 156 Å². The van der Waals surface area contributed by atoms with Crippen molar-refractivity contribution in [3.8, 4) is 0 Å². The van der Waals surface area contributed by atoms with Gasteiger partial charge in [-0.25, -0.2) is 0 Å². The molecular formula is C21H30N2O3. The molecule has 26 heavy (non-hydrogen) atoms. The summed E-state index contributed by atoms with van der Waals surface area (Å²) < 4.78 is 5.45. The molecule has 3 rings (SSSR count). The van der Waals surface area contributed by atoms with Crippen molar-refractivity contribution in [2.45, 2.75) is 52.2 Å². The van der Waals surface area contributed by atoms with E-state index in [1.807, 2.05) is 41.8 Å². The molecule has 142 valence electrons. The van der Waals surface area contributed by atoms with E-state index >= 15 is 0 Å². The van der Waals surface area contributed by atoms with Gasteiger partial charge in [0.25, 0.3) is 5.91 Å². The zero-order chi connectivity index (χ0) is 18.6. The fourth-order valence-corrected chi connectivity index (χ4v) is 4.24. The van der Waals surface area contributed by atoms with E-state index in [1.54, 1.807) is 0 Å². The number of carbonyl (C=O) groups excluding carboxylic acids is 2. The van der Waals surface area contributed by atoms with Crippen molar-refractivity contribution in [2.75, 3.05) is 26.2 Å². The zero-order valence-electron chi connectivity index (χ0n) is 15.9. The van der Waals surface area contributed by atoms with E-state index in [2.05, 4.69) is 12.1 Å². The van der Waals surface area contributed by atoms with Crippen molar-refractivity contribution in [2.24, 2.45) is 5.41 Å². The number of hydrogen-bond donors (Lipinski definition) is 0. The van der Waals surface area contributed by atoms with Crippen molar-refractivity contribution in [3.63, 3.8) is 0 Å². The molecule has 0 bridgehead atoms. The first kappa shape index (κ1) is 18.9. The Balaban J connectivity index is 1.59. The van der Waals surface area contributed by atoms with Crippen LogP contribution in [0, 0.1) is 5.41 Å². The summed E-state index contributed by atoms with van der Waals surface area (Å²) >= 11 is 0. The SMILES string of the molecule is CCO[C@H](C)C(=O)N1CCC2(CCC(=O)N(Cc3ccccc3)C2)CC1. The van der Waals surface area contributed by atoms with Crippen LogP contribution >= 0.6 is 0 Å². The summed E-state index contributed by atoms with van der Waals surface area (Å²) in [6.07, 6.45) is 3.14. The number of likely N-dealkylation sites (tertiary alicyclic amines) is 2. The number of rotatable bonds is 5. The van der Waals surface area contributed by atoms with Crippen molar-refractivity contribution in [1.82, 2.24) is 9.80 Å². The van der Waals surface area contributed by atoms with Gasteiger partial charge in [0.2, 0.25) is 5.91 Å². The van der Waals surface area contributed by atoms with Gasteiger partial charge in [-0.05, 0) is 44.1 Å². The summed E-state index contributed by atoms with van der Waals surface area (Å²) in [5.74, 6) is 0.345. The number of piperidine rings is 2. The Bertz CT molecular complexity index is 623. The second-order valence-corrected chi connectivity index (χ2v) is 7.66. The Morgan fingerprint density at radius 2 is 1.88 bits per heavy atom. The predicted molar refractivity (Wildman–Crippen MR) is 100 cm³/mol. The molecule has 1 atom stereocenters. The lowest BCUT2D eigenvalue weighted by Crippen LogP contribution is -2.53. The highest BCUT2D eigenvalue weighted by molar-refractivity contribution is 5.80. The van der Waals surface area contributed by atoms with Crippen molar-refractivity contribution < 1.29 is 14.3 Å². The van der Waals surface area contributed by atoms with Crippen LogP contribution in [0.4, 0.5) is 0 Å². The first-order valence-electron chi connectivity index (χ1n) is 9.75. The number of amides is 2. The Morgan fingerprint density at radius 1 is 1.19 bits per heavy atom. The fourth-order valence-electron chi connectivity index (χ4n) is 4.24. The van der Waals surface area contributed by atoms with E-state index < -0.39 is 0 Å². The topological polar surface area (TPSA) is 49.9 Å². The lowest BCUT2D eigenvalue weighted by molar-refractivity contribution is -0.148. The molecule has 0 aromatic heterocycles. The molecule has 1 aromatic rings. The van der Waals surface area contributed by atoms with Crippen LogP contribution in [-0.2, 0) is 20.9 Å². The Hall–Kier alpha value is -1.88. The van der Waals surface area contributed by atoms with Crippen LogP contribution in [0.3, 0.4) is 0 Å². The van der Waals surface area contributed by atoms with Gasteiger partial charge in [-0.2, -0.15) is 0 Å². The van der Waals surface area contributed by atoms with E-state index in [-0.39, 0.29) is 23.3 Å². The first-order valence-corrected chi connectivity index (χ1v) is 9.75. The van der Waals surface area contributed by atoms with E-state index in [0.29, 0.717) is 19.6 Å². The van der Waals surface area contributed by atoms with Crippen LogP contribution in [0.25, 0.3) is 0 Å². The van der Waals surface area contributed by atoms with Gasteiger partial charge in [0.15, 0.2) is 0 Å². The van der Waals surface area contributed by atoms with Gasteiger partial charge in [-0.15, -0.1) is 0 Å². The van der Waals surface area contributed by atoms with Gasteiger partial charge >= 0.3 is 0 Å². The summed E-state index contributed by atoms with van der Waals surface area (Å²) in [5, 5.41) is 0. The number of hydrogen-bond acceptors (Lipinski definition) is 3. The Kier molecular flexibility index (Phi) is 5.97. The fraction of sp³-hybridized carbons (Fsp3) is 0.619. The number of benzene rings is 1. The number of nitrogens with zero attached hydrogens (tertiary/aromatic N) is 2. The number of carbonyl (C=O) groups is 2. The van der Waals surface area contributed by atoms with E-state index in [0.717, 1.165) is 38.9 Å². The lowest BCUT2D eigenvalue weighted by Gasteiger charge is -2.47. The summed E-state index contributed by atoms with van der Waals surface area (Å²) in [4.78, 5) is 28.8. The second-order valence-electron chi connectivity index (χ2n) is 7.66. The molecule has 1 aromatic carbocycles. The molecule has 1 spiro atoms. The zero-order valence-corrected chi connectivity index (χ0v) is 15.9. The summed E-state index contributed by atoms with van der Waals surface area (Å²) in [6, 6.07) is 10.2. The quantitative estimate of drug-likeness (QED) is 0.813. The van der Waals surface area contributed by atoms with Crippen LogP contribution in [0.1, 0.15) is 45.1 Å². The molecule has 0 aliphatic carbocycles. The molecule has 2 heterocycles. The molecule has 0 N–H and O–H groups in total. The maximum Gasteiger partial charge on any atom is 0.251 e. The lowest BCUT2D eigenvalue weighted by atomic mass is 9.72. The Morgan fingerprint density at radius 3 is 2.54 bits per heavy atom. The van der Waals surface area contributed by atoms with Crippen LogP contribution in [-0.4, -0.2) is 54.0 Å². The van der Waals surface area contributed by atoms with Crippen LogP contribution in [0.5, 0.6) is 0 Å². The molecule has 0 radical (unpaired) electrons. The molecule has 2 amide bonds. The van der Waals surface area contributed by atoms with Gasteiger partial charge in [0.05, 0.1) is 0 Å². The largest absolute Gasteiger partial charge is 0.369 e. The predicted octanol–water partition coefficient (Wildman–Crippen LogP) is 2.84. The van der Waals surface area contributed by atoms with Crippen molar-refractivity contribution in [1.29, 1.82) is 0 Å². The minimum absolute atomic E-state index is 0.0923. The average Bonchev–Trinajstić information content (AvgIpc) is 2.66. The summed E-state index contributed by atoms with van der Waals surface area (Å²) in [6.45, 7) is 7.33. The highest BCUT2D eigenvalue weighted by Gasteiger charge is 2.42. The minimum atomic E-state index is -0.364. The molecule has 2 aliphatic heterocycles. The van der Waals surface area contributed by atoms with Gasteiger partial charge in [-0.1, -0.05) is 30.3 Å². The normalized spacial score (nSPS) is 21.1. The van der Waals surface area contributed by atoms with E-state index in [1.165, 1.54) is 5.56 Å². The smallest absolute Gasteiger partial charge is 0.251 e. The molecule has 5 nitrogen and oxygen atoms in total. The monoisotopic (exact) mass is 358 g/mol. The molecule has 5 heteroatoms. The van der Waals surface area contributed by atoms with E-state index in [4.69, 9.17) is 4.74 Å². The van der Waals surface area contributed by atoms with Crippen LogP contribution in [0.2, 0.25) is 0 Å². The second kappa shape index (κ2) is 8.21. The third kappa shape index (κ3) is 4.26. The maximum absolute atomic E-state index is 12.5. The van der Waals surface area contributed by atoms with Crippen molar-refractivity contribution >= 4 is 11.8 Å². The highest BCUT2D eigenvalue weighted by atomic mass is 16.5. The van der Waals surface area contributed by atoms with Crippen LogP contribution in [0.15, 0.2) is 30.3 Å². The molecular weight excluding hydrogens is 328 g/mol. The van der Waals surface area contributed by atoms with Crippen molar-refractivity contribution in [3.05, 3.63) is 35.9 Å². The average molecular weight is 358 g/mol. The molecule has 0 saturated carbocycles. The minimum Gasteiger partial charge on any atom is -0.369 e. The highest BCUT2D eigenvalue weighted by Crippen LogP contribution is 2.40. The standard InChI is InChI=1S/C21H30N2O3/c1-3-26-17(2)20(25)22-13-11-21(12-14-22)10-9-19(24)23(16-21)15-18-7-5-4-6-8-18/h4-8,17H,3,9-16H2,1-2H3/t17-/m1/s1. The third-order valence-electron chi connectivity index (χ3n) is 5.86. The van der Waals surface area contributed by atoms with Gasteiger partial charge in [0, 0.05) is 39.2 Å². The van der Waals surface area contributed by atoms with E-state index in [9.17, 15) is 9.59 Å². The molecule has 0 unspecified atom stereocenters. The van der Waals surface area contributed by atoms with Gasteiger partial charge < -0.3 is 14.5 Å². The first-order chi connectivity index (χ1) is 12.5. The number of ether oxygens (including phenoxy) is 1. The summed E-state index contributed by atoms with van der Waals surface area (Å²) in [7, 11) is 0.